The van der Waals surface area contributed by atoms with Crippen molar-refractivity contribution >= 4 is 0 Å². The van der Waals surface area contributed by atoms with Crippen LogP contribution in [0.3, 0.4) is 0 Å². The minimum atomic E-state index is 0.690. The average molecular weight is 249 g/mol. The monoisotopic (exact) mass is 249 g/mol. The molecule has 4 rings (SSSR count). The molecule has 0 spiro atoms. The Hall–Kier alpha value is -1.60. The molecule has 0 radical (unpaired) electrons. The van der Waals surface area contributed by atoms with Crippen LogP contribution < -0.4 is 5.32 Å². The molecule has 2 aromatic rings. The van der Waals surface area contributed by atoms with Crippen molar-refractivity contribution in [3.8, 4) is 11.1 Å². The highest BCUT2D eigenvalue weighted by Crippen LogP contribution is 2.40. The van der Waals surface area contributed by atoms with Crippen molar-refractivity contribution in [1.82, 2.24) is 5.32 Å². The largest absolute Gasteiger partial charge is 0.313 e. The van der Waals surface area contributed by atoms with Gasteiger partial charge in [-0.3, -0.25) is 0 Å². The number of fused-ring (bicyclic) bond motifs is 3. The van der Waals surface area contributed by atoms with E-state index >= 15 is 0 Å². The summed E-state index contributed by atoms with van der Waals surface area (Å²) in [6.45, 7) is 1.20. The lowest BCUT2D eigenvalue weighted by atomic mass is 9.89. The molecule has 1 N–H and O–H groups in total. The van der Waals surface area contributed by atoms with Gasteiger partial charge in [0.1, 0.15) is 0 Å². The first-order valence-corrected chi connectivity index (χ1v) is 7.33. The van der Waals surface area contributed by atoms with Gasteiger partial charge in [0.25, 0.3) is 0 Å². The summed E-state index contributed by atoms with van der Waals surface area (Å²) >= 11 is 0. The van der Waals surface area contributed by atoms with E-state index in [0.717, 1.165) is 5.92 Å². The van der Waals surface area contributed by atoms with E-state index in [4.69, 9.17) is 0 Å². The summed E-state index contributed by atoms with van der Waals surface area (Å²) in [5.41, 5.74) is 5.85. The van der Waals surface area contributed by atoms with Crippen LogP contribution in [-0.2, 0) is 6.42 Å². The number of rotatable bonds is 1. The Labute approximate surface area is 114 Å². The molecule has 0 bridgehead atoms. The van der Waals surface area contributed by atoms with E-state index in [1.807, 2.05) is 0 Å². The lowest BCUT2D eigenvalue weighted by Gasteiger charge is -2.27. The Morgan fingerprint density at radius 1 is 0.947 bits per heavy atom. The first-order chi connectivity index (χ1) is 9.42. The van der Waals surface area contributed by atoms with Crippen LogP contribution in [0, 0.1) is 0 Å². The molecule has 0 saturated carbocycles. The van der Waals surface area contributed by atoms with E-state index in [-0.39, 0.29) is 0 Å². The Morgan fingerprint density at radius 2 is 1.84 bits per heavy atom. The molecule has 0 aromatic heterocycles. The van der Waals surface area contributed by atoms with Crippen molar-refractivity contribution in [1.29, 1.82) is 0 Å². The van der Waals surface area contributed by atoms with Gasteiger partial charge in [-0.15, -0.1) is 0 Å². The molecule has 1 fully saturated rings. The van der Waals surface area contributed by atoms with Crippen LogP contribution in [0.15, 0.2) is 48.5 Å². The Morgan fingerprint density at radius 3 is 2.74 bits per heavy atom. The van der Waals surface area contributed by atoms with Gasteiger partial charge in [0.05, 0.1) is 0 Å². The number of hydrogen-bond donors (Lipinski definition) is 1. The van der Waals surface area contributed by atoms with Gasteiger partial charge in [-0.1, -0.05) is 48.5 Å². The van der Waals surface area contributed by atoms with Crippen molar-refractivity contribution < 1.29 is 0 Å². The molecule has 19 heavy (non-hydrogen) atoms. The second-order valence-electron chi connectivity index (χ2n) is 5.79. The molecule has 2 aliphatic rings. The minimum Gasteiger partial charge on any atom is -0.313 e. The number of benzene rings is 2. The van der Waals surface area contributed by atoms with Crippen molar-refractivity contribution in [3.05, 3.63) is 59.7 Å². The molecular formula is C18H19N. The van der Waals surface area contributed by atoms with Crippen LogP contribution in [0.25, 0.3) is 11.1 Å². The van der Waals surface area contributed by atoms with Gasteiger partial charge in [-0.2, -0.15) is 0 Å². The van der Waals surface area contributed by atoms with Crippen LogP contribution in [0.2, 0.25) is 0 Å². The maximum atomic E-state index is 3.69. The molecule has 0 amide bonds. The maximum absolute atomic E-state index is 3.69. The molecule has 1 aliphatic carbocycles. The molecular weight excluding hydrogens is 230 g/mol. The van der Waals surface area contributed by atoms with Gasteiger partial charge < -0.3 is 5.32 Å². The molecule has 2 atom stereocenters. The lowest BCUT2D eigenvalue weighted by Crippen LogP contribution is -2.37. The van der Waals surface area contributed by atoms with Crippen molar-refractivity contribution in [2.24, 2.45) is 0 Å². The maximum Gasteiger partial charge on any atom is 0.0176 e. The average Bonchev–Trinajstić information content (AvgIpc) is 2.86. The molecule has 1 saturated heterocycles. The Bertz CT molecular complexity index is 588. The van der Waals surface area contributed by atoms with Gasteiger partial charge in [-0.05, 0) is 54.0 Å². The molecule has 1 nitrogen and oxygen atoms in total. The van der Waals surface area contributed by atoms with Crippen molar-refractivity contribution in [3.63, 3.8) is 0 Å². The van der Waals surface area contributed by atoms with Gasteiger partial charge >= 0.3 is 0 Å². The Balaban J connectivity index is 1.75. The number of hydrogen-bond acceptors (Lipinski definition) is 1. The summed E-state index contributed by atoms with van der Waals surface area (Å²) in [6.07, 6.45) is 3.88. The summed E-state index contributed by atoms with van der Waals surface area (Å²) in [4.78, 5) is 0. The molecule has 2 aromatic carbocycles. The highest BCUT2D eigenvalue weighted by atomic mass is 14.9. The Kier molecular flexibility index (Phi) is 2.66. The zero-order valence-electron chi connectivity index (χ0n) is 11.1. The fourth-order valence-electron chi connectivity index (χ4n) is 3.71. The van der Waals surface area contributed by atoms with Gasteiger partial charge in [0.15, 0.2) is 0 Å². The van der Waals surface area contributed by atoms with Gasteiger partial charge in [-0.25, -0.2) is 0 Å². The third kappa shape index (κ3) is 1.89. The van der Waals surface area contributed by atoms with Gasteiger partial charge in [0.2, 0.25) is 0 Å². The van der Waals surface area contributed by atoms with Crippen LogP contribution in [0.4, 0.5) is 0 Å². The van der Waals surface area contributed by atoms with E-state index in [2.05, 4.69) is 53.8 Å². The quantitative estimate of drug-likeness (QED) is 0.811. The first-order valence-electron chi connectivity index (χ1n) is 7.33. The minimum absolute atomic E-state index is 0.690. The summed E-state index contributed by atoms with van der Waals surface area (Å²) < 4.78 is 0. The molecule has 1 heterocycles. The second-order valence-corrected chi connectivity index (χ2v) is 5.79. The third-order valence-corrected chi connectivity index (χ3v) is 4.68. The van der Waals surface area contributed by atoms with E-state index in [1.165, 1.54) is 36.9 Å². The summed E-state index contributed by atoms with van der Waals surface area (Å²) in [5, 5.41) is 3.69. The fraction of sp³-hybridized carbons (Fsp3) is 0.333. The first kappa shape index (κ1) is 11.2. The predicted molar refractivity (Wildman–Crippen MR) is 79.3 cm³/mol. The highest BCUT2D eigenvalue weighted by Gasteiger charge is 2.33. The van der Waals surface area contributed by atoms with Crippen LogP contribution in [-0.4, -0.2) is 12.6 Å². The van der Waals surface area contributed by atoms with E-state index in [1.54, 1.807) is 11.1 Å². The zero-order chi connectivity index (χ0) is 12.7. The summed E-state index contributed by atoms with van der Waals surface area (Å²) in [5.74, 6) is 0.743. The van der Waals surface area contributed by atoms with E-state index in [9.17, 15) is 0 Å². The summed E-state index contributed by atoms with van der Waals surface area (Å²) in [7, 11) is 0. The highest BCUT2D eigenvalue weighted by molar-refractivity contribution is 5.65. The number of nitrogens with one attached hydrogen (secondary N) is 1. The lowest BCUT2D eigenvalue weighted by molar-refractivity contribution is 0.372. The van der Waals surface area contributed by atoms with Crippen LogP contribution in [0.1, 0.15) is 29.9 Å². The smallest absolute Gasteiger partial charge is 0.0176 e. The topological polar surface area (TPSA) is 12.0 Å². The SMILES string of the molecule is c1ccc(-c2ccc3c(c2)[C@@H]2CCCN[C@@H]2C3)cc1. The normalized spacial score (nSPS) is 24.8. The van der Waals surface area contributed by atoms with Crippen molar-refractivity contribution in [2.75, 3.05) is 6.54 Å². The van der Waals surface area contributed by atoms with E-state index in [0.29, 0.717) is 6.04 Å². The predicted octanol–water partition coefficient (Wildman–Crippen LogP) is 3.75. The molecule has 96 valence electrons. The van der Waals surface area contributed by atoms with Crippen LogP contribution >= 0.6 is 0 Å². The summed E-state index contributed by atoms with van der Waals surface area (Å²) in [6, 6.07) is 18.5. The number of piperidine rings is 1. The van der Waals surface area contributed by atoms with Gasteiger partial charge in [0, 0.05) is 6.04 Å². The van der Waals surface area contributed by atoms with Crippen molar-refractivity contribution in [2.45, 2.75) is 31.2 Å². The molecule has 1 aliphatic heterocycles. The molecule has 1 heteroatoms. The fourth-order valence-corrected chi connectivity index (χ4v) is 3.71. The van der Waals surface area contributed by atoms with Crippen LogP contribution in [0.5, 0.6) is 0 Å². The zero-order valence-corrected chi connectivity index (χ0v) is 11.1. The standard InChI is InChI=1S/C18H19N/c1-2-5-13(6-3-1)14-8-9-15-12-18-16(17(15)11-14)7-4-10-19-18/h1-3,5-6,8-9,11,16,18-19H,4,7,10,12H2/t16-,18+/m0/s1. The van der Waals surface area contributed by atoms with E-state index < -0.39 is 0 Å². The molecule has 0 unspecified atom stereocenters. The second kappa shape index (κ2) is 4.50. The third-order valence-electron chi connectivity index (χ3n) is 4.68.